The maximum Gasteiger partial charge on any atom is 0.306 e. The molecule has 0 amide bonds. The van der Waals surface area contributed by atoms with Crippen LogP contribution in [0.5, 0.6) is 0 Å². The molecule has 1 fully saturated rings. The Bertz CT molecular complexity index is 941. The van der Waals surface area contributed by atoms with Gasteiger partial charge < -0.3 is 14.9 Å². The zero-order chi connectivity index (χ0) is 20.1. The summed E-state index contributed by atoms with van der Waals surface area (Å²) >= 11 is 0. The van der Waals surface area contributed by atoms with E-state index in [-0.39, 0.29) is 5.92 Å². The van der Waals surface area contributed by atoms with Crippen molar-refractivity contribution >= 4 is 23.3 Å². The van der Waals surface area contributed by atoms with Crippen LogP contribution >= 0.6 is 0 Å². The molecule has 29 heavy (non-hydrogen) atoms. The second-order valence-electron chi connectivity index (χ2n) is 7.24. The molecule has 0 unspecified atom stereocenters. The molecule has 0 bridgehead atoms. The van der Waals surface area contributed by atoms with Crippen LogP contribution in [0.2, 0.25) is 0 Å². The number of anilines is 3. The highest BCUT2D eigenvalue weighted by Crippen LogP contribution is 2.29. The normalized spacial score (nSPS) is 14.6. The van der Waals surface area contributed by atoms with E-state index in [2.05, 4.69) is 44.0 Å². The molecule has 4 rings (SSSR count). The standard InChI is InChI=1S/C23H24N4O2/c28-23(29)19-11-13-26(14-12-19)21-15-22(25-17-24-21)27(20-9-5-2-6-10-20)16-18-7-3-1-4-8-18/h1-10,15,17,19H,11-14,16H2,(H,28,29). The fourth-order valence-corrected chi connectivity index (χ4v) is 3.69. The quantitative estimate of drug-likeness (QED) is 0.685. The summed E-state index contributed by atoms with van der Waals surface area (Å²) in [5.74, 6) is 0.704. The lowest BCUT2D eigenvalue weighted by molar-refractivity contribution is -0.142. The van der Waals surface area contributed by atoms with E-state index in [9.17, 15) is 9.90 Å². The monoisotopic (exact) mass is 388 g/mol. The van der Waals surface area contributed by atoms with E-state index >= 15 is 0 Å². The Balaban J connectivity index is 1.60. The third kappa shape index (κ3) is 4.54. The van der Waals surface area contributed by atoms with Crippen molar-refractivity contribution in [3.63, 3.8) is 0 Å². The maximum absolute atomic E-state index is 11.2. The van der Waals surface area contributed by atoms with Gasteiger partial charge in [-0.05, 0) is 30.5 Å². The van der Waals surface area contributed by atoms with E-state index in [4.69, 9.17) is 0 Å². The van der Waals surface area contributed by atoms with Gasteiger partial charge in [-0.2, -0.15) is 0 Å². The van der Waals surface area contributed by atoms with Gasteiger partial charge in [0.15, 0.2) is 0 Å². The number of carbonyl (C=O) groups is 1. The van der Waals surface area contributed by atoms with E-state index in [0.29, 0.717) is 32.5 Å². The van der Waals surface area contributed by atoms with Crippen molar-refractivity contribution in [3.05, 3.63) is 78.6 Å². The number of hydrogen-bond acceptors (Lipinski definition) is 5. The summed E-state index contributed by atoms with van der Waals surface area (Å²) in [5, 5.41) is 9.23. The SMILES string of the molecule is O=C(O)C1CCN(c2cc(N(Cc3ccccc3)c3ccccc3)ncn2)CC1. The highest BCUT2D eigenvalue weighted by molar-refractivity contribution is 5.70. The Morgan fingerprint density at radius 1 is 1.00 bits per heavy atom. The van der Waals surface area contributed by atoms with E-state index < -0.39 is 5.97 Å². The molecule has 148 valence electrons. The van der Waals surface area contributed by atoms with Gasteiger partial charge in [-0.25, -0.2) is 9.97 Å². The molecule has 1 saturated heterocycles. The first-order valence-electron chi connectivity index (χ1n) is 9.87. The number of rotatable bonds is 6. The number of nitrogens with zero attached hydrogens (tertiary/aromatic N) is 4. The largest absolute Gasteiger partial charge is 0.481 e. The molecule has 0 aliphatic carbocycles. The summed E-state index contributed by atoms with van der Waals surface area (Å²) in [5.41, 5.74) is 2.25. The van der Waals surface area contributed by atoms with Crippen LogP contribution in [-0.2, 0) is 11.3 Å². The Labute approximate surface area is 170 Å². The van der Waals surface area contributed by atoms with Crippen LogP contribution in [-0.4, -0.2) is 34.1 Å². The van der Waals surface area contributed by atoms with Crippen molar-refractivity contribution in [3.8, 4) is 0 Å². The van der Waals surface area contributed by atoms with Gasteiger partial charge in [-0.15, -0.1) is 0 Å². The first-order chi connectivity index (χ1) is 14.2. The minimum atomic E-state index is -0.703. The van der Waals surface area contributed by atoms with Crippen molar-refractivity contribution in [1.82, 2.24) is 9.97 Å². The fraction of sp³-hybridized carbons (Fsp3) is 0.261. The predicted molar refractivity (Wildman–Crippen MR) is 113 cm³/mol. The number of carboxylic acids is 1. The van der Waals surface area contributed by atoms with Gasteiger partial charge in [0.25, 0.3) is 0 Å². The summed E-state index contributed by atoms with van der Waals surface area (Å²) < 4.78 is 0. The molecule has 2 heterocycles. The smallest absolute Gasteiger partial charge is 0.306 e. The van der Waals surface area contributed by atoms with Crippen LogP contribution in [0.4, 0.5) is 17.3 Å². The molecule has 1 aromatic heterocycles. The summed E-state index contributed by atoms with van der Waals surface area (Å²) in [6, 6.07) is 22.5. The van der Waals surface area contributed by atoms with Gasteiger partial charge >= 0.3 is 5.97 Å². The molecule has 6 nitrogen and oxygen atoms in total. The third-order valence-electron chi connectivity index (χ3n) is 5.33. The number of hydrogen-bond donors (Lipinski definition) is 1. The van der Waals surface area contributed by atoms with Gasteiger partial charge in [0.1, 0.15) is 18.0 Å². The van der Waals surface area contributed by atoms with Crippen LogP contribution < -0.4 is 9.80 Å². The van der Waals surface area contributed by atoms with Crippen LogP contribution in [0.25, 0.3) is 0 Å². The average Bonchev–Trinajstić information content (AvgIpc) is 2.79. The molecule has 1 aliphatic heterocycles. The number of carboxylic acid groups (broad SMARTS) is 1. The zero-order valence-electron chi connectivity index (χ0n) is 16.2. The second-order valence-corrected chi connectivity index (χ2v) is 7.24. The van der Waals surface area contributed by atoms with Gasteiger partial charge in [0.2, 0.25) is 0 Å². The van der Waals surface area contributed by atoms with Crippen molar-refractivity contribution in [2.75, 3.05) is 22.9 Å². The Morgan fingerprint density at radius 3 is 2.31 bits per heavy atom. The first kappa shape index (κ1) is 18.9. The number of aliphatic carboxylic acids is 1. The zero-order valence-corrected chi connectivity index (χ0v) is 16.2. The van der Waals surface area contributed by atoms with Crippen molar-refractivity contribution in [2.45, 2.75) is 19.4 Å². The Hall–Kier alpha value is -3.41. The third-order valence-corrected chi connectivity index (χ3v) is 5.33. The van der Waals surface area contributed by atoms with Gasteiger partial charge in [-0.3, -0.25) is 4.79 Å². The Kier molecular flexibility index (Phi) is 5.70. The minimum absolute atomic E-state index is 0.258. The molecular weight excluding hydrogens is 364 g/mol. The second kappa shape index (κ2) is 8.73. The molecule has 2 aromatic carbocycles. The number of benzene rings is 2. The molecule has 0 atom stereocenters. The summed E-state index contributed by atoms with van der Waals surface area (Å²) in [6.45, 7) is 2.08. The number of aromatic nitrogens is 2. The van der Waals surface area contributed by atoms with Gasteiger partial charge in [0, 0.05) is 31.4 Å². The molecule has 3 aromatic rings. The maximum atomic E-state index is 11.2. The van der Waals surface area contributed by atoms with E-state index in [0.717, 1.165) is 17.3 Å². The lowest BCUT2D eigenvalue weighted by Gasteiger charge is -2.32. The highest BCUT2D eigenvalue weighted by atomic mass is 16.4. The lowest BCUT2D eigenvalue weighted by Crippen LogP contribution is -2.36. The molecule has 1 aliphatic rings. The molecule has 0 saturated carbocycles. The topological polar surface area (TPSA) is 69.6 Å². The minimum Gasteiger partial charge on any atom is -0.481 e. The molecule has 0 spiro atoms. The van der Waals surface area contributed by atoms with Crippen LogP contribution in [0.1, 0.15) is 18.4 Å². The summed E-state index contributed by atoms with van der Waals surface area (Å²) in [6.07, 6.45) is 2.87. The van der Waals surface area contributed by atoms with Gasteiger partial charge in [-0.1, -0.05) is 48.5 Å². The van der Waals surface area contributed by atoms with E-state index in [1.54, 1.807) is 6.33 Å². The fourth-order valence-electron chi connectivity index (χ4n) is 3.69. The number of para-hydroxylation sites is 1. The van der Waals surface area contributed by atoms with Crippen molar-refractivity contribution < 1.29 is 9.90 Å². The predicted octanol–water partition coefficient (Wildman–Crippen LogP) is 4.12. The van der Waals surface area contributed by atoms with Crippen LogP contribution in [0.3, 0.4) is 0 Å². The highest BCUT2D eigenvalue weighted by Gasteiger charge is 2.25. The summed E-state index contributed by atoms with van der Waals surface area (Å²) in [7, 11) is 0. The average molecular weight is 388 g/mol. The van der Waals surface area contributed by atoms with Gasteiger partial charge in [0.05, 0.1) is 5.92 Å². The summed E-state index contributed by atoms with van der Waals surface area (Å²) in [4.78, 5) is 24.5. The van der Waals surface area contributed by atoms with Crippen molar-refractivity contribution in [1.29, 1.82) is 0 Å². The lowest BCUT2D eigenvalue weighted by atomic mass is 9.97. The van der Waals surface area contributed by atoms with Crippen molar-refractivity contribution in [2.24, 2.45) is 5.92 Å². The molecular formula is C23H24N4O2. The molecule has 6 heteroatoms. The first-order valence-corrected chi connectivity index (χ1v) is 9.87. The van der Waals surface area contributed by atoms with E-state index in [1.807, 2.05) is 42.5 Å². The Morgan fingerprint density at radius 2 is 1.66 bits per heavy atom. The molecule has 1 N–H and O–H groups in total. The van der Waals surface area contributed by atoms with Crippen LogP contribution in [0.15, 0.2) is 73.1 Å². The molecule has 0 radical (unpaired) electrons. The van der Waals surface area contributed by atoms with E-state index in [1.165, 1.54) is 5.56 Å². The number of piperidine rings is 1. The van der Waals surface area contributed by atoms with Crippen LogP contribution in [0, 0.1) is 5.92 Å².